The lowest BCUT2D eigenvalue weighted by atomic mass is 10.1. The van der Waals surface area contributed by atoms with Crippen molar-refractivity contribution in [2.75, 3.05) is 18.5 Å². The Morgan fingerprint density at radius 3 is 2.35 bits per heavy atom. The van der Waals surface area contributed by atoms with Crippen molar-refractivity contribution in [3.63, 3.8) is 0 Å². The van der Waals surface area contributed by atoms with E-state index in [4.69, 9.17) is 0 Å². The third-order valence-electron chi connectivity index (χ3n) is 2.04. The molecule has 0 aromatic carbocycles. The Kier molecular flexibility index (Phi) is 3.66. The molecule has 1 rings (SSSR count). The van der Waals surface area contributed by atoms with Crippen LogP contribution in [0.4, 0.5) is 19.0 Å². The highest BCUT2D eigenvalue weighted by Gasteiger charge is 2.32. The minimum Gasteiger partial charge on any atom is -0.389 e. The Labute approximate surface area is 97.9 Å². The number of aromatic nitrogens is 1. The molecular formula is C11H15F3N2O. The number of hydrogen-bond acceptors (Lipinski definition) is 3. The predicted octanol–water partition coefficient (Wildman–Crippen LogP) is 2.31. The average molecular weight is 248 g/mol. The molecule has 0 spiro atoms. The third-order valence-corrected chi connectivity index (χ3v) is 2.04. The average Bonchev–Trinajstić information content (AvgIpc) is 2.14. The summed E-state index contributed by atoms with van der Waals surface area (Å²) in [6.45, 7) is 3.36. The number of likely N-dealkylation sites (N-methyl/N-ethyl adjacent to an activating group) is 1. The first-order valence-electron chi connectivity index (χ1n) is 5.07. The zero-order valence-corrected chi connectivity index (χ0v) is 9.91. The van der Waals surface area contributed by atoms with Crippen molar-refractivity contribution >= 4 is 5.82 Å². The molecule has 0 radical (unpaired) electrons. The molecule has 0 saturated heterocycles. The lowest BCUT2D eigenvalue weighted by molar-refractivity contribution is -0.141. The SMILES string of the molecule is CN(CC(C)(C)O)c1cccc(C(F)(F)F)n1. The van der Waals surface area contributed by atoms with E-state index in [2.05, 4.69) is 4.98 Å². The van der Waals surface area contributed by atoms with Crippen LogP contribution in [-0.2, 0) is 6.18 Å². The van der Waals surface area contributed by atoms with Crippen molar-refractivity contribution in [3.8, 4) is 0 Å². The van der Waals surface area contributed by atoms with Crippen LogP contribution in [0.25, 0.3) is 0 Å². The number of hydrogen-bond donors (Lipinski definition) is 1. The molecule has 0 bridgehead atoms. The topological polar surface area (TPSA) is 36.4 Å². The number of anilines is 1. The van der Waals surface area contributed by atoms with Gasteiger partial charge < -0.3 is 10.0 Å². The third kappa shape index (κ3) is 4.22. The molecule has 6 heteroatoms. The summed E-state index contributed by atoms with van der Waals surface area (Å²) >= 11 is 0. The Morgan fingerprint density at radius 2 is 1.88 bits per heavy atom. The van der Waals surface area contributed by atoms with Crippen LogP contribution >= 0.6 is 0 Å². The fourth-order valence-corrected chi connectivity index (χ4v) is 1.46. The molecule has 1 heterocycles. The van der Waals surface area contributed by atoms with Gasteiger partial charge in [-0.3, -0.25) is 0 Å². The van der Waals surface area contributed by atoms with Gasteiger partial charge in [-0.25, -0.2) is 4.98 Å². The Balaban J connectivity index is 2.92. The van der Waals surface area contributed by atoms with Crippen LogP contribution in [0.5, 0.6) is 0 Å². The maximum absolute atomic E-state index is 12.4. The van der Waals surface area contributed by atoms with E-state index in [1.165, 1.54) is 17.0 Å². The Bertz CT molecular complexity index is 385. The van der Waals surface area contributed by atoms with Gasteiger partial charge in [0, 0.05) is 13.6 Å². The van der Waals surface area contributed by atoms with Gasteiger partial charge in [-0.1, -0.05) is 6.07 Å². The van der Waals surface area contributed by atoms with Crippen molar-refractivity contribution in [1.82, 2.24) is 4.98 Å². The van der Waals surface area contributed by atoms with Gasteiger partial charge in [-0.15, -0.1) is 0 Å². The fourth-order valence-electron chi connectivity index (χ4n) is 1.46. The number of rotatable bonds is 3. The van der Waals surface area contributed by atoms with E-state index in [0.29, 0.717) is 0 Å². The van der Waals surface area contributed by atoms with E-state index < -0.39 is 17.5 Å². The van der Waals surface area contributed by atoms with Crippen molar-refractivity contribution in [3.05, 3.63) is 23.9 Å². The molecule has 0 saturated carbocycles. The molecule has 0 unspecified atom stereocenters. The molecule has 17 heavy (non-hydrogen) atoms. The molecule has 1 aromatic rings. The van der Waals surface area contributed by atoms with E-state index in [0.717, 1.165) is 6.07 Å². The highest BCUT2D eigenvalue weighted by molar-refractivity contribution is 5.39. The second-order valence-electron chi connectivity index (χ2n) is 4.55. The highest BCUT2D eigenvalue weighted by atomic mass is 19.4. The van der Waals surface area contributed by atoms with E-state index >= 15 is 0 Å². The van der Waals surface area contributed by atoms with Crippen LogP contribution in [0.3, 0.4) is 0 Å². The first-order chi connectivity index (χ1) is 7.59. The normalized spacial score (nSPS) is 12.6. The summed E-state index contributed by atoms with van der Waals surface area (Å²) in [5.74, 6) is 0.182. The Hall–Kier alpha value is -1.30. The summed E-state index contributed by atoms with van der Waals surface area (Å²) in [5.41, 5.74) is -1.93. The lowest BCUT2D eigenvalue weighted by Crippen LogP contribution is -2.36. The van der Waals surface area contributed by atoms with Crippen molar-refractivity contribution in [1.29, 1.82) is 0 Å². The lowest BCUT2D eigenvalue weighted by Gasteiger charge is -2.26. The molecule has 0 atom stereocenters. The van der Waals surface area contributed by atoms with Gasteiger partial charge in [0.1, 0.15) is 11.5 Å². The number of nitrogens with zero attached hydrogens (tertiary/aromatic N) is 2. The number of pyridine rings is 1. The molecule has 0 aliphatic carbocycles. The van der Waals surface area contributed by atoms with Gasteiger partial charge in [-0.2, -0.15) is 13.2 Å². The van der Waals surface area contributed by atoms with Gasteiger partial charge in [0.25, 0.3) is 0 Å². The van der Waals surface area contributed by atoms with E-state index in [1.807, 2.05) is 0 Å². The van der Waals surface area contributed by atoms with Gasteiger partial charge in [0.05, 0.1) is 5.60 Å². The summed E-state index contributed by atoms with van der Waals surface area (Å²) < 4.78 is 37.3. The van der Waals surface area contributed by atoms with Crippen LogP contribution in [0.15, 0.2) is 18.2 Å². The van der Waals surface area contributed by atoms with Crippen LogP contribution < -0.4 is 4.90 Å². The monoisotopic (exact) mass is 248 g/mol. The maximum atomic E-state index is 12.4. The smallest absolute Gasteiger partial charge is 0.389 e. The fraction of sp³-hybridized carbons (Fsp3) is 0.545. The van der Waals surface area contributed by atoms with Crippen LogP contribution in [0.2, 0.25) is 0 Å². The van der Waals surface area contributed by atoms with Crippen LogP contribution in [-0.4, -0.2) is 29.3 Å². The molecule has 3 nitrogen and oxygen atoms in total. The molecule has 1 aromatic heterocycles. The zero-order valence-electron chi connectivity index (χ0n) is 9.91. The zero-order chi connectivity index (χ0) is 13.3. The standard InChI is InChI=1S/C11H15F3N2O/c1-10(2,17)7-16(3)9-6-4-5-8(15-9)11(12,13)14/h4-6,17H,7H2,1-3H3. The summed E-state index contributed by atoms with van der Waals surface area (Å²) in [5, 5.41) is 9.59. The predicted molar refractivity (Wildman–Crippen MR) is 58.8 cm³/mol. The highest BCUT2D eigenvalue weighted by Crippen LogP contribution is 2.28. The van der Waals surface area contributed by atoms with Crippen molar-refractivity contribution in [2.45, 2.75) is 25.6 Å². The van der Waals surface area contributed by atoms with E-state index in [9.17, 15) is 18.3 Å². The number of alkyl halides is 3. The Morgan fingerprint density at radius 1 is 1.29 bits per heavy atom. The minimum atomic E-state index is -4.45. The minimum absolute atomic E-state index is 0.182. The van der Waals surface area contributed by atoms with Crippen LogP contribution in [0.1, 0.15) is 19.5 Å². The summed E-state index contributed by atoms with van der Waals surface area (Å²) in [7, 11) is 1.58. The largest absolute Gasteiger partial charge is 0.433 e. The molecule has 0 amide bonds. The van der Waals surface area contributed by atoms with Crippen molar-refractivity contribution in [2.24, 2.45) is 0 Å². The van der Waals surface area contributed by atoms with E-state index in [1.54, 1.807) is 20.9 Å². The van der Waals surface area contributed by atoms with Gasteiger partial charge >= 0.3 is 6.18 Å². The van der Waals surface area contributed by atoms with Crippen molar-refractivity contribution < 1.29 is 18.3 Å². The molecule has 0 aliphatic rings. The van der Waals surface area contributed by atoms with Crippen LogP contribution in [0, 0.1) is 0 Å². The van der Waals surface area contributed by atoms with Gasteiger partial charge in [0.2, 0.25) is 0 Å². The number of halogens is 3. The van der Waals surface area contributed by atoms with Gasteiger partial charge in [-0.05, 0) is 26.0 Å². The molecule has 0 fully saturated rings. The summed E-state index contributed by atoms with van der Waals surface area (Å²) in [6, 6.07) is 3.69. The first kappa shape index (κ1) is 13.8. The van der Waals surface area contributed by atoms with Gasteiger partial charge in [0.15, 0.2) is 0 Å². The van der Waals surface area contributed by atoms with E-state index in [-0.39, 0.29) is 12.4 Å². The second-order valence-corrected chi connectivity index (χ2v) is 4.55. The molecule has 96 valence electrons. The maximum Gasteiger partial charge on any atom is 0.433 e. The molecular weight excluding hydrogens is 233 g/mol. The number of aliphatic hydroxyl groups is 1. The molecule has 1 N–H and O–H groups in total. The summed E-state index contributed by atoms with van der Waals surface area (Å²) in [4.78, 5) is 5.00. The quantitative estimate of drug-likeness (QED) is 0.891. The first-order valence-corrected chi connectivity index (χ1v) is 5.07. The second kappa shape index (κ2) is 4.52. The molecule has 0 aliphatic heterocycles. The summed E-state index contributed by atoms with van der Waals surface area (Å²) in [6.07, 6.45) is -4.45.